The first-order valence-corrected chi connectivity index (χ1v) is 7.78. The molecule has 2 aliphatic heterocycles. The van der Waals surface area contributed by atoms with Gasteiger partial charge in [-0.25, -0.2) is 0 Å². The van der Waals surface area contributed by atoms with E-state index in [4.69, 9.17) is 4.74 Å². The molecule has 2 unspecified atom stereocenters. The van der Waals surface area contributed by atoms with E-state index in [2.05, 4.69) is 23.6 Å². The number of benzene rings is 1. The van der Waals surface area contributed by atoms with Crippen molar-refractivity contribution in [3.63, 3.8) is 0 Å². The molecule has 1 saturated heterocycles. The Morgan fingerprint density at radius 2 is 2.42 bits per heavy atom. The molecule has 2 heterocycles. The number of nitrogens with one attached hydrogen (secondary N) is 2. The van der Waals surface area contributed by atoms with Crippen molar-refractivity contribution in [1.82, 2.24) is 5.32 Å². The van der Waals surface area contributed by atoms with Crippen LogP contribution in [0, 0.1) is 0 Å². The average molecular weight is 278 g/mol. The third-order valence-electron chi connectivity index (χ3n) is 3.55. The Kier molecular flexibility index (Phi) is 3.66. The number of carbonyl (C=O) groups excluding carboxylic acids is 1. The zero-order valence-electron chi connectivity index (χ0n) is 10.9. The molecule has 4 nitrogen and oxygen atoms in total. The maximum absolute atomic E-state index is 11.3. The SMILES string of the molecule is CC(NC1CCSC1)c1ccc2c(c1)NC(=O)CO2. The van der Waals surface area contributed by atoms with Gasteiger partial charge in [-0.1, -0.05) is 6.07 Å². The predicted octanol–water partition coefficient (Wildman–Crippen LogP) is 2.17. The second kappa shape index (κ2) is 5.43. The molecular weight excluding hydrogens is 260 g/mol. The molecular formula is C14H18N2O2S. The smallest absolute Gasteiger partial charge is 0.262 e. The van der Waals surface area contributed by atoms with Crippen molar-refractivity contribution in [3.05, 3.63) is 23.8 Å². The molecule has 19 heavy (non-hydrogen) atoms. The van der Waals surface area contributed by atoms with Crippen molar-refractivity contribution in [3.8, 4) is 5.75 Å². The van der Waals surface area contributed by atoms with Gasteiger partial charge in [-0.05, 0) is 36.8 Å². The van der Waals surface area contributed by atoms with E-state index in [1.54, 1.807) is 0 Å². The summed E-state index contributed by atoms with van der Waals surface area (Å²) in [6, 6.07) is 6.89. The van der Waals surface area contributed by atoms with Crippen LogP contribution in [-0.4, -0.2) is 30.1 Å². The molecule has 1 aromatic carbocycles. The van der Waals surface area contributed by atoms with Crippen LogP contribution >= 0.6 is 11.8 Å². The molecule has 2 atom stereocenters. The molecule has 1 amide bonds. The van der Waals surface area contributed by atoms with Crippen molar-refractivity contribution in [2.45, 2.75) is 25.4 Å². The van der Waals surface area contributed by atoms with E-state index < -0.39 is 0 Å². The molecule has 5 heteroatoms. The third-order valence-corrected chi connectivity index (χ3v) is 4.71. The van der Waals surface area contributed by atoms with Crippen LogP contribution in [0.15, 0.2) is 18.2 Å². The molecule has 0 aliphatic carbocycles. The molecule has 2 N–H and O–H groups in total. The molecule has 3 rings (SSSR count). The fourth-order valence-electron chi connectivity index (χ4n) is 2.49. The standard InChI is InChI=1S/C14H18N2O2S/c1-9(15-11-4-5-19-8-11)10-2-3-13-12(6-10)16-14(17)7-18-13/h2-3,6,9,11,15H,4-5,7-8H2,1H3,(H,16,17). The van der Waals surface area contributed by atoms with E-state index in [-0.39, 0.29) is 18.6 Å². The molecule has 2 aliphatic rings. The Morgan fingerprint density at radius 1 is 1.53 bits per heavy atom. The second-order valence-electron chi connectivity index (χ2n) is 5.04. The van der Waals surface area contributed by atoms with Gasteiger partial charge in [0.25, 0.3) is 5.91 Å². The molecule has 0 saturated carbocycles. The summed E-state index contributed by atoms with van der Waals surface area (Å²) in [4.78, 5) is 11.3. The summed E-state index contributed by atoms with van der Waals surface area (Å²) in [7, 11) is 0. The number of hydrogen-bond acceptors (Lipinski definition) is 4. The van der Waals surface area contributed by atoms with Crippen molar-refractivity contribution in [2.75, 3.05) is 23.4 Å². The van der Waals surface area contributed by atoms with Gasteiger partial charge in [-0.15, -0.1) is 0 Å². The van der Waals surface area contributed by atoms with Gasteiger partial charge in [0.05, 0.1) is 5.69 Å². The second-order valence-corrected chi connectivity index (χ2v) is 6.19. The van der Waals surface area contributed by atoms with Gasteiger partial charge in [0.1, 0.15) is 5.75 Å². The van der Waals surface area contributed by atoms with Gasteiger partial charge >= 0.3 is 0 Å². The van der Waals surface area contributed by atoms with E-state index in [0.717, 1.165) is 11.4 Å². The molecule has 0 aromatic heterocycles. The van der Waals surface area contributed by atoms with Gasteiger partial charge in [0.15, 0.2) is 6.61 Å². The topological polar surface area (TPSA) is 50.4 Å². The van der Waals surface area contributed by atoms with Crippen molar-refractivity contribution in [1.29, 1.82) is 0 Å². The zero-order valence-corrected chi connectivity index (χ0v) is 11.8. The van der Waals surface area contributed by atoms with Gasteiger partial charge < -0.3 is 15.4 Å². The molecule has 1 fully saturated rings. The van der Waals surface area contributed by atoms with Crippen LogP contribution < -0.4 is 15.4 Å². The Hall–Kier alpha value is -1.20. The average Bonchev–Trinajstić information content (AvgIpc) is 2.90. The number of thioether (sulfide) groups is 1. The number of fused-ring (bicyclic) bond motifs is 1. The van der Waals surface area contributed by atoms with Crippen molar-refractivity contribution < 1.29 is 9.53 Å². The van der Waals surface area contributed by atoms with Crippen molar-refractivity contribution in [2.24, 2.45) is 0 Å². The fraction of sp³-hybridized carbons (Fsp3) is 0.500. The maximum atomic E-state index is 11.3. The lowest BCUT2D eigenvalue weighted by Crippen LogP contribution is -2.31. The number of ether oxygens (including phenoxy) is 1. The van der Waals surface area contributed by atoms with E-state index in [1.165, 1.54) is 23.5 Å². The Morgan fingerprint density at radius 3 is 3.21 bits per heavy atom. The Balaban J connectivity index is 1.73. The largest absolute Gasteiger partial charge is 0.482 e. The number of amides is 1. The van der Waals surface area contributed by atoms with E-state index in [0.29, 0.717) is 6.04 Å². The van der Waals surface area contributed by atoms with Crippen LogP contribution in [0.3, 0.4) is 0 Å². The maximum Gasteiger partial charge on any atom is 0.262 e. The minimum atomic E-state index is -0.0857. The summed E-state index contributed by atoms with van der Waals surface area (Å²) < 4.78 is 5.37. The summed E-state index contributed by atoms with van der Waals surface area (Å²) in [5.41, 5.74) is 1.96. The fourth-order valence-corrected chi connectivity index (χ4v) is 3.65. The Bertz CT molecular complexity index is 486. The number of hydrogen-bond donors (Lipinski definition) is 2. The van der Waals surface area contributed by atoms with Crippen molar-refractivity contribution >= 4 is 23.4 Å². The van der Waals surface area contributed by atoms with E-state index in [1.807, 2.05) is 23.9 Å². The predicted molar refractivity (Wildman–Crippen MR) is 77.8 cm³/mol. The summed E-state index contributed by atoms with van der Waals surface area (Å²) in [6.45, 7) is 2.27. The van der Waals surface area contributed by atoms with Crippen LogP contribution in [0.1, 0.15) is 24.9 Å². The zero-order chi connectivity index (χ0) is 13.2. The normalized spacial score (nSPS) is 23.4. The first-order valence-electron chi connectivity index (χ1n) is 6.63. The van der Waals surface area contributed by atoms with Crippen LogP contribution in [0.2, 0.25) is 0 Å². The highest BCUT2D eigenvalue weighted by Gasteiger charge is 2.20. The number of carbonyl (C=O) groups is 1. The molecule has 0 bridgehead atoms. The van der Waals surface area contributed by atoms with Crippen LogP contribution in [-0.2, 0) is 4.79 Å². The molecule has 102 valence electrons. The van der Waals surface area contributed by atoms with Gasteiger partial charge in [-0.3, -0.25) is 4.79 Å². The van der Waals surface area contributed by atoms with Gasteiger partial charge in [0, 0.05) is 17.8 Å². The highest BCUT2D eigenvalue weighted by atomic mass is 32.2. The highest BCUT2D eigenvalue weighted by Crippen LogP contribution is 2.31. The third kappa shape index (κ3) is 2.87. The van der Waals surface area contributed by atoms with Gasteiger partial charge in [-0.2, -0.15) is 11.8 Å². The van der Waals surface area contributed by atoms with E-state index in [9.17, 15) is 4.79 Å². The molecule has 0 spiro atoms. The van der Waals surface area contributed by atoms with Gasteiger partial charge in [0.2, 0.25) is 0 Å². The lowest BCUT2D eigenvalue weighted by Gasteiger charge is -2.22. The number of anilines is 1. The summed E-state index contributed by atoms with van der Waals surface area (Å²) >= 11 is 2.00. The minimum absolute atomic E-state index is 0.0857. The molecule has 1 aromatic rings. The first-order chi connectivity index (χ1) is 9.22. The quantitative estimate of drug-likeness (QED) is 0.890. The monoisotopic (exact) mass is 278 g/mol. The minimum Gasteiger partial charge on any atom is -0.482 e. The van der Waals surface area contributed by atoms with Crippen LogP contribution in [0.5, 0.6) is 5.75 Å². The summed E-state index contributed by atoms with van der Waals surface area (Å²) in [5.74, 6) is 3.11. The molecule has 0 radical (unpaired) electrons. The summed E-state index contributed by atoms with van der Waals surface area (Å²) in [5, 5.41) is 6.49. The summed E-state index contributed by atoms with van der Waals surface area (Å²) in [6.07, 6.45) is 1.24. The Labute approximate surface area is 117 Å². The first kappa shape index (κ1) is 12.8. The lowest BCUT2D eigenvalue weighted by atomic mass is 10.1. The van der Waals surface area contributed by atoms with Crippen LogP contribution in [0.4, 0.5) is 5.69 Å². The lowest BCUT2D eigenvalue weighted by molar-refractivity contribution is -0.118. The van der Waals surface area contributed by atoms with Crippen LogP contribution in [0.25, 0.3) is 0 Å². The van der Waals surface area contributed by atoms with E-state index >= 15 is 0 Å². The highest BCUT2D eigenvalue weighted by molar-refractivity contribution is 7.99. The number of rotatable bonds is 3.